The lowest BCUT2D eigenvalue weighted by molar-refractivity contribution is 0.193. The van der Waals surface area contributed by atoms with E-state index in [4.69, 9.17) is 4.74 Å². The van der Waals surface area contributed by atoms with E-state index >= 15 is 0 Å². The van der Waals surface area contributed by atoms with E-state index in [0.717, 1.165) is 19.4 Å². The van der Waals surface area contributed by atoms with Gasteiger partial charge in [0, 0.05) is 13.7 Å². The first-order valence-electron chi connectivity index (χ1n) is 6.54. The van der Waals surface area contributed by atoms with Crippen LogP contribution in [0.4, 0.5) is 0 Å². The number of hydrogen-bond acceptors (Lipinski definition) is 1. The Hall–Kier alpha value is -1.60. The summed E-state index contributed by atoms with van der Waals surface area (Å²) in [7, 11) is 1.76. The maximum absolute atomic E-state index is 5.09. The Morgan fingerprint density at radius 1 is 0.833 bits per heavy atom. The van der Waals surface area contributed by atoms with Gasteiger partial charge in [0.2, 0.25) is 0 Å². The Labute approximate surface area is 109 Å². The Morgan fingerprint density at radius 2 is 1.56 bits per heavy atom. The minimum Gasteiger partial charge on any atom is -0.385 e. The second kappa shape index (κ2) is 6.97. The van der Waals surface area contributed by atoms with Gasteiger partial charge in [-0.1, -0.05) is 54.6 Å². The highest BCUT2D eigenvalue weighted by Crippen LogP contribution is 2.24. The Bertz CT molecular complexity index is 462. The number of rotatable bonds is 6. The standard InChI is InChI=1S/C17H20O/c1-18-14-8-7-12-16-11-5-6-13-17(16)15-9-3-2-4-10-15/h2-6,9-11,13H,7-8,12,14H2,1H3. The molecule has 2 aromatic carbocycles. The van der Waals surface area contributed by atoms with E-state index in [0.29, 0.717) is 0 Å². The molecule has 94 valence electrons. The SMILES string of the molecule is COCCCCc1ccccc1-c1ccccc1. The van der Waals surface area contributed by atoms with Crippen LogP contribution >= 0.6 is 0 Å². The van der Waals surface area contributed by atoms with Crippen molar-refractivity contribution >= 4 is 0 Å². The summed E-state index contributed by atoms with van der Waals surface area (Å²) in [5, 5.41) is 0. The van der Waals surface area contributed by atoms with Crippen molar-refractivity contribution in [3.63, 3.8) is 0 Å². The highest BCUT2D eigenvalue weighted by atomic mass is 16.5. The summed E-state index contributed by atoms with van der Waals surface area (Å²) in [6, 6.07) is 19.3. The molecule has 0 aliphatic heterocycles. The molecule has 0 amide bonds. The maximum Gasteiger partial charge on any atom is 0.0462 e. The summed E-state index contributed by atoms with van der Waals surface area (Å²) in [4.78, 5) is 0. The van der Waals surface area contributed by atoms with Gasteiger partial charge in [-0.2, -0.15) is 0 Å². The summed E-state index contributed by atoms with van der Waals surface area (Å²) in [5.41, 5.74) is 4.09. The van der Waals surface area contributed by atoms with Crippen LogP contribution in [-0.4, -0.2) is 13.7 Å². The van der Waals surface area contributed by atoms with Gasteiger partial charge in [0.25, 0.3) is 0 Å². The molecule has 1 nitrogen and oxygen atoms in total. The number of ether oxygens (including phenoxy) is 1. The minimum absolute atomic E-state index is 0.855. The van der Waals surface area contributed by atoms with Gasteiger partial charge < -0.3 is 4.74 Å². The molecule has 0 heterocycles. The first-order valence-corrected chi connectivity index (χ1v) is 6.54. The van der Waals surface area contributed by atoms with Gasteiger partial charge in [0.1, 0.15) is 0 Å². The third kappa shape index (κ3) is 3.44. The highest BCUT2D eigenvalue weighted by Gasteiger charge is 2.03. The van der Waals surface area contributed by atoms with Gasteiger partial charge in [-0.25, -0.2) is 0 Å². The fourth-order valence-electron chi connectivity index (χ4n) is 2.20. The quantitative estimate of drug-likeness (QED) is 0.683. The number of benzene rings is 2. The molecule has 0 spiro atoms. The molecule has 0 unspecified atom stereocenters. The van der Waals surface area contributed by atoms with Crippen LogP contribution in [0.2, 0.25) is 0 Å². The molecular weight excluding hydrogens is 220 g/mol. The number of aryl methyl sites for hydroxylation is 1. The Balaban J connectivity index is 2.11. The van der Waals surface area contributed by atoms with Crippen molar-refractivity contribution < 1.29 is 4.74 Å². The van der Waals surface area contributed by atoms with Crippen molar-refractivity contribution in [3.8, 4) is 11.1 Å². The van der Waals surface area contributed by atoms with Crippen molar-refractivity contribution in [2.24, 2.45) is 0 Å². The summed E-state index contributed by atoms with van der Waals surface area (Å²) in [5.74, 6) is 0. The molecule has 0 bridgehead atoms. The van der Waals surface area contributed by atoms with E-state index in [-0.39, 0.29) is 0 Å². The third-order valence-corrected chi connectivity index (χ3v) is 3.15. The summed E-state index contributed by atoms with van der Waals surface area (Å²) in [6.45, 7) is 0.855. The van der Waals surface area contributed by atoms with Crippen LogP contribution in [-0.2, 0) is 11.2 Å². The van der Waals surface area contributed by atoms with Gasteiger partial charge in [0.05, 0.1) is 0 Å². The summed E-state index contributed by atoms with van der Waals surface area (Å²) >= 11 is 0. The predicted octanol–water partition coefficient (Wildman–Crippen LogP) is 4.32. The zero-order valence-electron chi connectivity index (χ0n) is 10.9. The topological polar surface area (TPSA) is 9.23 Å². The Kier molecular flexibility index (Phi) is 4.98. The number of methoxy groups -OCH3 is 1. The molecule has 18 heavy (non-hydrogen) atoms. The number of hydrogen-bond donors (Lipinski definition) is 0. The van der Waals surface area contributed by atoms with Crippen molar-refractivity contribution in [1.82, 2.24) is 0 Å². The normalized spacial score (nSPS) is 10.5. The zero-order valence-corrected chi connectivity index (χ0v) is 10.9. The summed E-state index contributed by atoms with van der Waals surface area (Å²) in [6.07, 6.45) is 3.42. The smallest absolute Gasteiger partial charge is 0.0462 e. The van der Waals surface area contributed by atoms with Crippen LogP contribution in [0.3, 0.4) is 0 Å². The van der Waals surface area contributed by atoms with Crippen molar-refractivity contribution in [1.29, 1.82) is 0 Å². The number of unbranched alkanes of at least 4 members (excludes halogenated alkanes) is 1. The Morgan fingerprint density at radius 3 is 2.33 bits per heavy atom. The van der Waals surface area contributed by atoms with Crippen molar-refractivity contribution in [2.45, 2.75) is 19.3 Å². The molecule has 0 saturated heterocycles. The van der Waals surface area contributed by atoms with E-state index < -0.39 is 0 Å². The summed E-state index contributed by atoms with van der Waals surface area (Å²) < 4.78 is 5.09. The van der Waals surface area contributed by atoms with E-state index in [2.05, 4.69) is 54.6 Å². The monoisotopic (exact) mass is 240 g/mol. The molecule has 0 radical (unpaired) electrons. The minimum atomic E-state index is 0.855. The molecule has 2 rings (SSSR count). The van der Waals surface area contributed by atoms with E-state index in [1.54, 1.807) is 7.11 Å². The molecule has 1 heteroatoms. The lowest BCUT2D eigenvalue weighted by atomic mass is 9.96. The van der Waals surface area contributed by atoms with E-state index in [1.807, 2.05) is 0 Å². The predicted molar refractivity (Wildman–Crippen MR) is 76.7 cm³/mol. The van der Waals surface area contributed by atoms with Crippen LogP contribution in [0.15, 0.2) is 54.6 Å². The fraction of sp³-hybridized carbons (Fsp3) is 0.294. The van der Waals surface area contributed by atoms with Gasteiger partial charge in [-0.15, -0.1) is 0 Å². The van der Waals surface area contributed by atoms with Crippen LogP contribution in [0.1, 0.15) is 18.4 Å². The van der Waals surface area contributed by atoms with Crippen molar-refractivity contribution in [2.75, 3.05) is 13.7 Å². The van der Waals surface area contributed by atoms with Crippen LogP contribution in [0.5, 0.6) is 0 Å². The lowest BCUT2D eigenvalue weighted by Gasteiger charge is -2.09. The average molecular weight is 240 g/mol. The van der Waals surface area contributed by atoms with Gasteiger partial charge in [-0.3, -0.25) is 0 Å². The fourth-order valence-corrected chi connectivity index (χ4v) is 2.20. The molecule has 0 atom stereocenters. The largest absolute Gasteiger partial charge is 0.385 e. The first kappa shape index (κ1) is 12.8. The van der Waals surface area contributed by atoms with Crippen LogP contribution < -0.4 is 0 Å². The highest BCUT2D eigenvalue weighted by molar-refractivity contribution is 5.67. The van der Waals surface area contributed by atoms with Crippen molar-refractivity contribution in [3.05, 3.63) is 60.2 Å². The van der Waals surface area contributed by atoms with Crippen LogP contribution in [0, 0.1) is 0 Å². The average Bonchev–Trinajstić information content (AvgIpc) is 2.45. The zero-order chi connectivity index (χ0) is 12.6. The van der Waals surface area contributed by atoms with E-state index in [1.165, 1.54) is 23.1 Å². The van der Waals surface area contributed by atoms with Crippen LogP contribution in [0.25, 0.3) is 11.1 Å². The molecule has 0 aliphatic rings. The molecule has 0 N–H and O–H groups in total. The second-order valence-electron chi connectivity index (χ2n) is 4.47. The van der Waals surface area contributed by atoms with Gasteiger partial charge in [0.15, 0.2) is 0 Å². The van der Waals surface area contributed by atoms with Gasteiger partial charge in [-0.05, 0) is 36.0 Å². The molecule has 2 aromatic rings. The first-order chi connectivity index (χ1) is 8.92. The maximum atomic E-state index is 5.09. The molecule has 0 aromatic heterocycles. The molecule has 0 fully saturated rings. The third-order valence-electron chi connectivity index (χ3n) is 3.15. The lowest BCUT2D eigenvalue weighted by Crippen LogP contribution is -1.93. The van der Waals surface area contributed by atoms with Gasteiger partial charge >= 0.3 is 0 Å². The molecular formula is C17H20O. The van der Waals surface area contributed by atoms with E-state index in [9.17, 15) is 0 Å². The molecule has 0 aliphatic carbocycles. The second-order valence-corrected chi connectivity index (χ2v) is 4.47. The molecule has 0 saturated carbocycles.